The average Bonchev–Trinajstić information content (AvgIpc) is 3.04. The third kappa shape index (κ3) is 2.09. The Bertz CT molecular complexity index is 870. The molecule has 2 heterocycles. The molecule has 0 spiro atoms. The van der Waals surface area contributed by atoms with Crippen LogP contribution in [0.5, 0.6) is 0 Å². The Kier molecular flexibility index (Phi) is 2.94. The van der Waals surface area contributed by atoms with Gasteiger partial charge in [0.15, 0.2) is 0 Å². The van der Waals surface area contributed by atoms with Gasteiger partial charge in [-0.3, -0.25) is 9.59 Å². The summed E-state index contributed by atoms with van der Waals surface area (Å²) >= 11 is 0. The Balaban J connectivity index is 1.90. The highest BCUT2D eigenvalue weighted by atomic mass is 16.5. The van der Waals surface area contributed by atoms with Crippen molar-refractivity contribution in [3.8, 4) is 0 Å². The van der Waals surface area contributed by atoms with Crippen LogP contribution < -0.4 is 11.1 Å². The molecule has 5 heteroatoms. The molecule has 0 saturated carbocycles. The van der Waals surface area contributed by atoms with Crippen molar-refractivity contribution >= 4 is 28.8 Å². The van der Waals surface area contributed by atoms with Crippen molar-refractivity contribution in [3.63, 3.8) is 0 Å². The van der Waals surface area contributed by atoms with Crippen LogP contribution in [-0.2, 0) is 14.3 Å². The number of ether oxygens (including phenoxy) is 1. The van der Waals surface area contributed by atoms with E-state index in [2.05, 4.69) is 5.32 Å². The Morgan fingerprint density at radius 2 is 1.78 bits per heavy atom. The highest BCUT2D eigenvalue weighted by molar-refractivity contribution is 6.36. The molecule has 5 nitrogen and oxygen atoms in total. The van der Waals surface area contributed by atoms with Crippen LogP contribution in [-0.4, -0.2) is 11.8 Å². The van der Waals surface area contributed by atoms with Gasteiger partial charge in [0.1, 0.15) is 11.9 Å². The van der Waals surface area contributed by atoms with E-state index in [4.69, 9.17) is 10.5 Å². The summed E-state index contributed by atoms with van der Waals surface area (Å²) in [6.45, 7) is 0. The Morgan fingerprint density at radius 1 is 1.09 bits per heavy atom. The maximum absolute atomic E-state index is 12.4. The van der Waals surface area contributed by atoms with Gasteiger partial charge in [-0.1, -0.05) is 42.5 Å². The first-order valence-corrected chi connectivity index (χ1v) is 7.34. The Morgan fingerprint density at radius 3 is 2.57 bits per heavy atom. The van der Waals surface area contributed by atoms with Gasteiger partial charge in [-0.05, 0) is 6.07 Å². The lowest BCUT2D eigenvalue weighted by molar-refractivity contribution is -0.119. The first-order chi connectivity index (χ1) is 11.1. The minimum atomic E-state index is -0.452. The van der Waals surface area contributed by atoms with Gasteiger partial charge in [0.25, 0.3) is 5.91 Å². The molecule has 3 N–H and O–H groups in total. The monoisotopic (exact) mass is 306 g/mol. The van der Waals surface area contributed by atoms with Crippen LogP contribution >= 0.6 is 0 Å². The molecule has 0 saturated heterocycles. The molecular formula is C18H14N2O3. The number of anilines is 1. The second-order valence-corrected chi connectivity index (χ2v) is 5.57. The quantitative estimate of drug-likeness (QED) is 0.836. The van der Waals surface area contributed by atoms with Crippen LogP contribution in [0.15, 0.2) is 48.5 Å². The van der Waals surface area contributed by atoms with Crippen molar-refractivity contribution in [2.24, 2.45) is 5.73 Å². The number of rotatable bonds is 2. The third-order valence-corrected chi connectivity index (χ3v) is 4.10. The lowest BCUT2D eigenvalue weighted by Crippen LogP contribution is -2.14. The van der Waals surface area contributed by atoms with E-state index in [-0.39, 0.29) is 12.3 Å². The Hall–Kier alpha value is -3.08. The van der Waals surface area contributed by atoms with E-state index in [1.807, 2.05) is 48.5 Å². The minimum Gasteiger partial charge on any atom is -0.484 e. The number of hydrogen-bond donors (Lipinski definition) is 2. The largest absolute Gasteiger partial charge is 0.484 e. The zero-order chi connectivity index (χ0) is 16.0. The maximum atomic E-state index is 12.4. The van der Waals surface area contributed by atoms with Gasteiger partial charge in [-0.25, -0.2) is 0 Å². The SMILES string of the molecule is NC(=O)CC1O/C(=C2/C(=O)Nc3ccccc32)c2ccccc21. The summed E-state index contributed by atoms with van der Waals surface area (Å²) in [7, 11) is 0. The Labute approximate surface area is 132 Å². The van der Waals surface area contributed by atoms with Crippen molar-refractivity contribution in [2.75, 3.05) is 5.32 Å². The summed E-state index contributed by atoms with van der Waals surface area (Å²) < 4.78 is 5.97. The van der Waals surface area contributed by atoms with Crippen LogP contribution in [0.25, 0.3) is 11.3 Å². The number of hydrogen-bond acceptors (Lipinski definition) is 3. The van der Waals surface area contributed by atoms with Gasteiger partial charge in [-0.2, -0.15) is 0 Å². The van der Waals surface area contributed by atoms with Gasteiger partial charge >= 0.3 is 0 Å². The van der Waals surface area contributed by atoms with E-state index in [9.17, 15) is 9.59 Å². The third-order valence-electron chi connectivity index (χ3n) is 4.10. The average molecular weight is 306 g/mol. The van der Waals surface area contributed by atoms with Crippen molar-refractivity contribution < 1.29 is 14.3 Å². The minimum absolute atomic E-state index is 0.0804. The zero-order valence-corrected chi connectivity index (χ0v) is 12.2. The molecule has 114 valence electrons. The molecule has 2 aliphatic rings. The van der Waals surface area contributed by atoms with E-state index < -0.39 is 12.0 Å². The van der Waals surface area contributed by atoms with Crippen molar-refractivity contribution in [2.45, 2.75) is 12.5 Å². The van der Waals surface area contributed by atoms with Crippen LogP contribution in [0.1, 0.15) is 29.2 Å². The van der Waals surface area contributed by atoms with E-state index >= 15 is 0 Å². The first-order valence-electron chi connectivity index (χ1n) is 7.34. The molecule has 0 aliphatic carbocycles. The van der Waals surface area contributed by atoms with Gasteiger partial charge < -0.3 is 15.8 Å². The summed E-state index contributed by atoms with van der Waals surface area (Å²) in [5.41, 5.74) is 9.10. The fourth-order valence-electron chi connectivity index (χ4n) is 3.12. The number of carbonyl (C=O) groups excluding carboxylic acids is 2. The lowest BCUT2D eigenvalue weighted by atomic mass is 9.98. The molecule has 2 aromatic rings. The first kappa shape index (κ1) is 13.6. The predicted molar refractivity (Wildman–Crippen MR) is 86.0 cm³/mol. The smallest absolute Gasteiger partial charge is 0.260 e. The topological polar surface area (TPSA) is 81.4 Å². The van der Waals surface area contributed by atoms with Gasteiger partial charge in [0.2, 0.25) is 5.91 Å². The number of nitrogens with one attached hydrogen (secondary N) is 1. The highest BCUT2D eigenvalue weighted by Crippen LogP contribution is 2.46. The van der Waals surface area contributed by atoms with Crippen molar-refractivity contribution in [1.29, 1.82) is 0 Å². The number of primary amides is 1. The molecule has 23 heavy (non-hydrogen) atoms. The van der Waals surface area contributed by atoms with E-state index in [1.165, 1.54) is 0 Å². The molecule has 1 unspecified atom stereocenters. The molecule has 4 rings (SSSR count). The number of carbonyl (C=O) groups is 2. The molecule has 2 aliphatic heterocycles. The second kappa shape index (κ2) is 4.98. The van der Waals surface area contributed by atoms with Crippen LogP contribution in [0, 0.1) is 0 Å². The van der Waals surface area contributed by atoms with Crippen LogP contribution in [0.2, 0.25) is 0 Å². The predicted octanol–water partition coefficient (Wildman–Crippen LogP) is 2.45. The number of nitrogens with two attached hydrogens (primary N) is 1. The number of benzene rings is 2. The van der Waals surface area contributed by atoms with Crippen LogP contribution in [0.4, 0.5) is 5.69 Å². The summed E-state index contributed by atoms with van der Waals surface area (Å²) in [6.07, 6.45) is -0.372. The summed E-state index contributed by atoms with van der Waals surface area (Å²) in [5, 5.41) is 2.84. The summed E-state index contributed by atoms with van der Waals surface area (Å²) in [5.74, 6) is -0.127. The molecule has 1 atom stereocenters. The molecule has 0 aromatic heterocycles. The van der Waals surface area contributed by atoms with E-state index in [1.54, 1.807) is 0 Å². The number of para-hydroxylation sites is 1. The summed E-state index contributed by atoms with van der Waals surface area (Å²) in [4.78, 5) is 23.7. The van der Waals surface area contributed by atoms with Crippen molar-refractivity contribution in [1.82, 2.24) is 0 Å². The zero-order valence-electron chi connectivity index (χ0n) is 12.2. The molecule has 0 fully saturated rings. The molecule has 0 bridgehead atoms. The number of fused-ring (bicyclic) bond motifs is 2. The fourth-order valence-corrected chi connectivity index (χ4v) is 3.12. The van der Waals surface area contributed by atoms with Gasteiger partial charge in [0.05, 0.1) is 12.0 Å². The van der Waals surface area contributed by atoms with Gasteiger partial charge in [-0.15, -0.1) is 0 Å². The molecule has 2 aromatic carbocycles. The van der Waals surface area contributed by atoms with Gasteiger partial charge in [0, 0.05) is 22.4 Å². The van der Waals surface area contributed by atoms with E-state index in [0.29, 0.717) is 11.3 Å². The number of amides is 2. The maximum Gasteiger partial charge on any atom is 0.260 e. The summed E-state index contributed by atoms with van der Waals surface area (Å²) in [6, 6.07) is 15.0. The van der Waals surface area contributed by atoms with Crippen molar-refractivity contribution in [3.05, 3.63) is 65.2 Å². The van der Waals surface area contributed by atoms with Crippen LogP contribution in [0.3, 0.4) is 0 Å². The molecular weight excluding hydrogens is 292 g/mol. The standard InChI is InChI=1S/C18H14N2O3/c19-15(21)9-14-10-5-1-2-6-11(10)17(23-14)16-12-7-3-4-8-13(12)20-18(16)22/h1-8,14H,9H2,(H2,19,21)(H,20,22)/b17-16+. The fraction of sp³-hybridized carbons (Fsp3) is 0.111. The van der Waals surface area contributed by atoms with E-state index in [0.717, 1.165) is 22.4 Å². The second-order valence-electron chi connectivity index (χ2n) is 5.57. The normalized spacial score (nSPS) is 21.4. The molecule has 0 radical (unpaired) electrons. The molecule has 2 amide bonds. The lowest BCUT2D eigenvalue weighted by Gasteiger charge is -2.10. The highest BCUT2D eigenvalue weighted by Gasteiger charge is 2.36.